The van der Waals surface area contributed by atoms with Gasteiger partial charge in [0, 0.05) is 5.56 Å². The van der Waals surface area contributed by atoms with Crippen LogP contribution in [0, 0.1) is 5.82 Å². The van der Waals surface area contributed by atoms with Crippen LogP contribution < -0.4 is 10.6 Å². The van der Waals surface area contributed by atoms with Gasteiger partial charge in [0.25, 0.3) is 12.4 Å². The Morgan fingerprint density at radius 1 is 1.21 bits per heavy atom. The Labute approximate surface area is 166 Å². The van der Waals surface area contributed by atoms with Gasteiger partial charge in [0.1, 0.15) is 17.1 Å². The molecule has 1 saturated heterocycles. The lowest BCUT2D eigenvalue weighted by Crippen LogP contribution is -2.46. The first kappa shape index (κ1) is 24.8. The van der Waals surface area contributed by atoms with Crippen molar-refractivity contribution in [3.8, 4) is 0 Å². The van der Waals surface area contributed by atoms with Crippen molar-refractivity contribution in [2.75, 3.05) is 19.6 Å². The van der Waals surface area contributed by atoms with Crippen LogP contribution in [0.3, 0.4) is 0 Å². The Kier molecular flexibility index (Phi) is 8.55. The van der Waals surface area contributed by atoms with Crippen molar-refractivity contribution in [1.29, 1.82) is 0 Å². The molecule has 5 nitrogen and oxygen atoms in total. The fraction of sp³-hybridized carbons (Fsp3) is 0.579. The molecule has 0 unspecified atom stereocenters. The third-order valence-electron chi connectivity index (χ3n) is 3.95. The van der Waals surface area contributed by atoms with E-state index >= 15 is 0 Å². The third-order valence-corrected chi connectivity index (χ3v) is 3.95. The summed E-state index contributed by atoms with van der Waals surface area (Å²) in [5.74, 6) is -2.10. The molecule has 29 heavy (non-hydrogen) atoms. The lowest BCUT2D eigenvalue weighted by atomic mass is 9.94. The summed E-state index contributed by atoms with van der Waals surface area (Å²) in [6.07, 6.45) is -4.36. The highest BCUT2D eigenvalue weighted by Crippen LogP contribution is 2.30. The maximum absolute atomic E-state index is 14.3. The lowest BCUT2D eigenvalue weighted by Gasteiger charge is -2.30. The molecule has 10 heteroatoms. The summed E-state index contributed by atoms with van der Waals surface area (Å²) in [5, 5.41) is 5.20. The number of carbonyl (C=O) groups excluding carboxylic acids is 2. The fourth-order valence-corrected chi connectivity index (χ4v) is 2.42. The highest BCUT2D eigenvalue weighted by Gasteiger charge is 2.34. The number of halogens is 5. The van der Waals surface area contributed by atoms with Gasteiger partial charge in [-0.3, -0.25) is 9.59 Å². The van der Waals surface area contributed by atoms with Crippen LogP contribution in [0.5, 0.6) is 0 Å². The average molecular weight is 424 g/mol. The van der Waals surface area contributed by atoms with Crippen LogP contribution >= 0.6 is 0 Å². The van der Waals surface area contributed by atoms with Crippen LogP contribution in [-0.4, -0.2) is 43.3 Å². The zero-order valence-corrected chi connectivity index (χ0v) is 16.5. The van der Waals surface area contributed by atoms with Gasteiger partial charge in [-0.15, -0.1) is 0 Å². The zero-order chi connectivity index (χ0) is 22.3. The van der Waals surface area contributed by atoms with Crippen molar-refractivity contribution >= 4 is 12.4 Å². The van der Waals surface area contributed by atoms with Gasteiger partial charge in [0.05, 0.1) is 12.1 Å². The molecule has 0 aliphatic carbocycles. The molecule has 164 valence electrons. The van der Waals surface area contributed by atoms with Crippen LogP contribution in [0.2, 0.25) is 0 Å². The minimum absolute atomic E-state index is 0.199. The Morgan fingerprint density at radius 3 is 2.24 bits per heavy atom. The smallest absolute Gasteiger partial charge is 0.416 e. The second-order valence-corrected chi connectivity index (χ2v) is 7.64. The minimum Gasteiger partial charge on any atom is -0.462 e. The van der Waals surface area contributed by atoms with E-state index in [2.05, 4.69) is 15.4 Å². The molecular formula is C19H25F5N2O3. The summed E-state index contributed by atoms with van der Waals surface area (Å²) >= 11 is 0. The first-order valence-electron chi connectivity index (χ1n) is 8.93. The Hall–Kier alpha value is -2.23. The zero-order valence-electron chi connectivity index (χ0n) is 16.5. The Bertz CT molecular complexity index is 696. The number of amides is 1. The van der Waals surface area contributed by atoms with Gasteiger partial charge in [-0.25, -0.2) is 8.78 Å². The number of nitrogens with one attached hydrogen (secondary N) is 2. The highest BCUT2D eigenvalue weighted by atomic mass is 19.4. The fourth-order valence-electron chi connectivity index (χ4n) is 2.42. The van der Waals surface area contributed by atoms with Crippen molar-refractivity contribution < 1.29 is 36.3 Å². The number of hydrogen-bond donors (Lipinski definition) is 2. The summed E-state index contributed by atoms with van der Waals surface area (Å²) in [6, 6.07) is 1.55. The Morgan fingerprint density at radius 2 is 1.79 bits per heavy atom. The van der Waals surface area contributed by atoms with Gasteiger partial charge < -0.3 is 15.4 Å². The van der Waals surface area contributed by atoms with E-state index in [0.29, 0.717) is 37.8 Å². The van der Waals surface area contributed by atoms with E-state index in [1.807, 2.05) is 20.8 Å². The number of alkyl halides is 4. The molecule has 1 heterocycles. The number of benzene rings is 1. The predicted molar refractivity (Wildman–Crippen MR) is 96.6 cm³/mol. The van der Waals surface area contributed by atoms with E-state index in [4.69, 9.17) is 0 Å². The molecule has 1 aromatic carbocycles. The summed E-state index contributed by atoms with van der Waals surface area (Å²) in [5.41, 5.74) is -3.65. The number of carbonyl (C=O) groups is 2. The van der Waals surface area contributed by atoms with Crippen LogP contribution in [0.1, 0.15) is 49.5 Å². The molecule has 0 radical (unpaired) electrons. The van der Waals surface area contributed by atoms with Gasteiger partial charge in [-0.05, 0) is 64.9 Å². The van der Waals surface area contributed by atoms with E-state index < -0.39 is 34.7 Å². The molecule has 1 amide bonds. The van der Waals surface area contributed by atoms with E-state index in [0.717, 1.165) is 0 Å². The van der Waals surface area contributed by atoms with Crippen molar-refractivity contribution in [2.24, 2.45) is 0 Å². The lowest BCUT2D eigenvalue weighted by molar-refractivity contribution is -0.139. The van der Waals surface area contributed by atoms with Gasteiger partial charge in [-0.1, -0.05) is 0 Å². The van der Waals surface area contributed by atoms with Gasteiger partial charge in [0.15, 0.2) is 0 Å². The molecule has 0 saturated carbocycles. The quantitative estimate of drug-likeness (QED) is 0.572. The predicted octanol–water partition coefficient (Wildman–Crippen LogP) is 3.62. The van der Waals surface area contributed by atoms with Crippen molar-refractivity contribution in [2.45, 2.75) is 51.1 Å². The minimum atomic E-state index is -4.76. The molecule has 0 bridgehead atoms. The van der Waals surface area contributed by atoms with E-state index in [1.54, 1.807) is 0 Å². The molecule has 2 N–H and O–H groups in total. The van der Waals surface area contributed by atoms with Crippen LogP contribution in [0.25, 0.3) is 0 Å². The standard InChI is InChI=1S/C14H15F5N2O.C5H10O2/c15-11-6-9(5-10(7-11)14(17,18)19)12(22)21-8-13(16)1-3-20-4-2-13;1-5(2,3)7-4-6/h5-7,20H,1-4,8H2,(H,21,22);4H,1-3H3. The highest BCUT2D eigenvalue weighted by molar-refractivity contribution is 5.94. The van der Waals surface area contributed by atoms with E-state index in [1.165, 1.54) is 0 Å². The molecule has 0 spiro atoms. The largest absolute Gasteiger partial charge is 0.462 e. The number of rotatable bonds is 4. The first-order valence-corrected chi connectivity index (χ1v) is 8.93. The molecule has 0 aromatic heterocycles. The van der Waals surface area contributed by atoms with Crippen molar-refractivity contribution in [1.82, 2.24) is 10.6 Å². The van der Waals surface area contributed by atoms with Crippen molar-refractivity contribution in [3.63, 3.8) is 0 Å². The molecule has 2 rings (SSSR count). The second kappa shape index (κ2) is 10.00. The molecular weight excluding hydrogens is 399 g/mol. The van der Waals surface area contributed by atoms with E-state index in [9.17, 15) is 31.5 Å². The van der Waals surface area contributed by atoms with Crippen LogP contribution in [0.15, 0.2) is 18.2 Å². The van der Waals surface area contributed by atoms with Gasteiger partial charge in [0.2, 0.25) is 0 Å². The summed E-state index contributed by atoms with van der Waals surface area (Å²) in [4.78, 5) is 21.4. The molecule has 1 fully saturated rings. The van der Waals surface area contributed by atoms with Crippen LogP contribution in [0.4, 0.5) is 22.0 Å². The molecule has 1 aromatic rings. The summed E-state index contributed by atoms with van der Waals surface area (Å²) in [6.45, 7) is 6.53. The number of ether oxygens (including phenoxy) is 1. The van der Waals surface area contributed by atoms with E-state index in [-0.39, 0.29) is 25.0 Å². The molecule has 0 atom stereocenters. The molecule has 1 aliphatic heterocycles. The van der Waals surface area contributed by atoms with Crippen molar-refractivity contribution in [3.05, 3.63) is 35.1 Å². The maximum atomic E-state index is 14.3. The maximum Gasteiger partial charge on any atom is 0.416 e. The Balaban J connectivity index is 0.000000516. The van der Waals surface area contributed by atoms with Gasteiger partial charge >= 0.3 is 6.18 Å². The first-order chi connectivity index (χ1) is 13.3. The topological polar surface area (TPSA) is 67.4 Å². The third kappa shape index (κ3) is 9.21. The average Bonchev–Trinajstić information content (AvgIpc) is 2.58. The number of piperidine rings is 1. The molecule has 1 aliphatic rings. The number of hydrogen-bond acceptors (Lipinski definition) is 4. The second-order valence-electron chi connectivity index (χ2n) is 7.64. The SMILES string of the molecule is CC(C)(C)OC=O.O=C(NCC1(F)CCNCC1)c1cc(F)cc(C(F)(F)F)c1. The summed E-state index contributed by atoms with van der Waals surface area (Å²) < 4.78 is 69.8. The van der Waals surface area contributed by atoms with Crippen LogP contribution in [-0.2, 0) is 15.7 Å². The van der Waals surface area contributed by atoms with Gasteiger partial charge in [-0.2, -0.15) is 13.2 Å². The summed E-state index contributed by atoms with van der Waals surface area (Å²) in [7, 11) is 0. The normalized spacial score (nSPS) is 16.3. The monoisotopic (exact) mass is 424 g/mol.